The van der Waals surface area contributed by atoms with Crippen LogP contribution in [0.1, 0.15) is 23.6 Å². The molecule has 0 bridgehead atoms. The first-order valence-electron chi connectivity index (χ1n) is 6.74. The number of carbonyl (C=O) groups is 1. The third kappa shape index (κ3) is 3.84. The Hall–Kier alpha value is -1.80. The van der Waals surface area contributed by atoms with Gasteiger partial charge in [0.15, 0.2) is 0 Å². The van der Waals surface area contributed by atoms with Crippen LogP contribution in [-0.2, 0) is 17.6 Å². The monoisotopic (exact) mass is 287 g/mol. The fraction of sp³-hybridized carbons (Fsp3) is 0.235. The minimum absolute atomic E-state index is 0.0267. The highest BCUT2D eigenvalue weighted by Gasteiger charge is 2.08. The van der Waals surface area contributed by atoms with Gasteiger partial charge in [0.05, 0.1) is 0 Å². The number of rotatable bonds is 5. The third-order valence-corrected chi connectivity index (χ3v) is 3.46. The summed E-state index contributed by atoms with van der Waals surface area (Å²) in [5.41, 5.74) is 4.38. The maximum Gasteiger partial charge on any atom is 0.239 e. The van der Waals surface area contributed by atoms with E-state index in [0.717, 1.165) is 24.1 Å². The zero-order valence-electron chi connectivity index (χ0n) is 11.5. The molecule has 2 rings (SSSR count). The lowest BCUT2D eigenvalue weighted by Gasteiger charge is -2.12. The molecular formula is C17H18ClNO. The van der Waals surface area contributed by atoms with Crippen LogP contribution in [0, 0.1) is 0 Å². The molecule has 0 spiro atoms. The van der Waals surface area contributed by atoms with Crippen molar-refractivity contribution in [3.05, 3.63) is 65.2 Å². The fourth-order valence-electron chi connectivity index (χ4n) is 2.11. The number of halogens is 1. The molecule has 0 radical (unpaired) electrons. The fourth-order valence-corrected chi connectivity index (χ4v) is 2.18. The number of hydrogen-bond donors (Lipinski definition) is 1. The SMILES string of the molecule is CCc1ccc(Cc2ccccc2)c(NC(=O)CCl)c1. The van der Waals surface area contributed by atoms with Gasteiger partial charge in [-0.3, -0.25) is 4.79 Å². The summed E-state index contributed by atoms with van der Waals surface area (Å²) < 4.78 is 0. The summed E-state index contributed by atoms with van der Waals surface area (Å²) in [4.78, 5) is 11.5. The second-order valence-corrected chi connectivity index (χ2v) is 4.96. The molecule has 0 aliphatic rings. The van der Waals surface area contributed by atoms with Crippen molar-refractivity contribution in [1.82, 2.24) is 0 Å². The molecule has 0 saturated heterocycles. The Morgan fingerprint density at radius 1 is 1.10 bits per heavy atom. The minimum atomic E-state index is -0.172. The number of carbonyl (C=O) groups excluding carboxylic acids is 1. The topological polar surface area (TPSA) is 29.1 Å². The molecule has 20 heavy (non-hydrogen) atoms. The number of alkyl halides is 1. The van der Waals surface area contributed by atoms with E-state index in [1.165, 1.54) is 11.1 Å². The van der Waals surface area contributed by atoms with Crippen LogP contribution < -0.4 is 5.32 Å². The van der Waals surface area contributed by atoms with Gasteiger partial charge in [0.25, 0.3) is 0 Å². The molecule has 104 valence electrons. The van der Waals surface area contributed by atoms with Gasteiger partial charge in [-0.15, -0.1) is 11.6 Å². The quantitative estimate of drug-likeness (QED) is 0.827. The van der Waals surface area contributed by atoms with Gasteiger partial charge in [0.2, 0.25) is 5.91 Å². The minimum Gasteiger partial charge on any atom is -0.325 e. The third-order valence-electron chi connectivity index (χ3n) is 3.22. The molecule has 2 aromatic carbocycles. The average molecular weight is 288 g/mol. The van der Waals surface area contributed by atoms with Crippen LogP contribution in [0.15, 0.2) is 48.5 Å². The van der Waals surface area contributed by atoms with Crippen LogP contribution in [0.2, 0.25) is 0 Å². The highest BCUT2D eigenvalue weighted by Crippen LogP contribution is 2.21. The van der Waals surface area contributed by atoms with E-state index < -0.39 is 0 Å². The molecule has 0 aliphatic carbocycles. The standard InChI is InChI=1S/C17H18ClNO/c1-2-13-8-9-15(10-14-6-4-3-5-7-14)16(11-13)19-17(20)12-18/h3-9,11H,2,10,12H2,1H3,(H,19,20). The van der Waals surface area contributed by atoms with Gasteiger partial charge in [-0.05, 0) is 35.6 Å². The molecule has 0 fully saturated rings. The van der Waals surface area contributed by atoms with Crippen molar-refractivity contribution < 1.29 is 4.79 Å². The van der Waals surface area contributed by atoms with Gasteiger partial charge in [0.1, 0.15) is 5.88 Å². The summed E-state index contributed by atoms with van der Waals surface area (Å²) >= 11 is 5.58. The summed E-state index contributed by atoms with van der Waals surface area (Å²) in [7, 11) is 0. The molecule has 0 saturated carbocycles. The first-order valence-corrected chi connectivity index (χ1v) is 7.28. The van der Waals surface area contributed by atoms with E-state index in [1.54, 1.807) is 0 Å². The number of nitrogens with one attached hydrogen (secondary N) is 1. The van der Waals surface area contributed by atoms with Crippen molar-refractivity contribution in [3.63, 3.8) is 0 Å². The number of hydrogen-bond acceptors (Lipinski definition) is 1. The van der Waals surface area contributed by atoms with Gasteiger partial charge >= 0.3 is 0 Å². The number of amides is 1. The Labute approximate surface area is 124 Å². The molecule has 0 unspecified atom stereocenters. The van der Waals surface area contributed by atoms with Gasteiger partial charge in [-0.1, -0.05) is 49.4 Å². The Kier molecular flexibility index (Phi) is 5.19. The van der Waals surface area contributed by atoms with Crippen LogP contribution in [-0.4, -0.2) is 11.8 Å². The van der Waals surface area contributed by atoms with E-state index in [1.807, 2.05) is 24.3 Å². The molecule has 1 amide bonds. The van der Waals surface area contributed by atoms with Crippen molar-refractivity contribution in [2.75, 3.05) is 11.2 Å². The van der Waals surface area contributed by atoms with Gasteiger partial charge in [-0.25, -0.2) is 0 Å². The number of benzene rings is 2. The van der Waals surface area contributed by atoms with Crippen LogP contribution in [0.3, 0.4) is 0 Å². The summed E-state index contributed by atoms with van der Waals surface area (Å²) in [5.74, 6) is -0.199. The van der Waals surface area contributed by atoms with E-state index in [-0.39, 0.29) is 11.8 Å². The molecule has 0 heterocycles. The second-order valence-electron chi connectivity index (χ2n) is 4.69. The molecule has 0 aliphatic heterocycles. The zero-order valence-corrected chi connectivity index (χ0v) is 12.3. The van der Waals surface area contributed by atoms with Crippen LogP contribution in [0.4, 0.5) is 5.69 Å². The smallest absolute Gasteiger partial charge is 0.239 e. The summed E-state index contributed by atoms with van der Waals surface area (Å²) in [5, 5.41) is 2.88. The lowest BCUT2D eigenvalue weighted by molar-refractivity contribution is -0.113. The first kappa shape index (κ1) is 14.6. The molecule has 2 nitrogen and oxygen atoms in total. The molecule has 2 aromatic rings. The van der Waals surface area contributed by atoms with Gasteiger partial charge in [0, 0.05) is 5.69 Å². The zero-order chi connectivity index (χ0) is 14.4. The Morgan fingerprint density at radius 2 is 1.85 bits per heavy atom. The maximum atomic E-state index is 11.5. The van der Waals surface area contributed by atoms with E-state index >= 15 is 0 Å². The Balaban J connectivity index is 2.28. The number of anilines is 1. The summed E-state index contributed by atoms with van der Waals surface area (Å²) in [6.07, 6.45) is 1.73. The first-order chi connectivity index (χ1) is 9.72. The molecule has 1 N–H and O–H groups in total. The molecule has 0 aromatic heterocycles. The van der Waals surface area contributed by atoms with Crippen molar-refractivity contribution in [2.24, 2.45) is 0 Å². The van der Waals surface area contributed by atoms with Crippen molar-refractivity contribution in [1.29, 1.82) is 0 Å². The Bertz CT molecular complexity index is 581. The predicted molar refractivity (Wildman–Crippen MR) is 84.4 cm³/mol. The van der Waals surface area contributed by atoms with Crippen molar-refractivity contribution in [3.8, 4) is 0 Å². The normalized spacial score (nSPS) is 10.3. The maximum absolute atomic E-state index is 11.5. The predicted octanol–water partition coefficient (Wildman–Crippen LogP) is 4.02. The molecule has 3 heteroatoms. The highest BCUT2D eigenvalue weighted by molar-refractivity contribution is 6.29. The lowest BCUT2D eigenvalue weighted by atomic mass is 10.0. The van der Waals surface area contributed by atoms with E-state index in [2.05, 4.69) is 36.5 Å². The van der Waals surface area contributed by atoms with E-state index in [4.69, 9.17) is 11.6 Å². The Morgan fingerprint density at radius 3 is 2.50 bits per heavy atom. The van der Waals surface area contributed by atoms with E-state index in [0.29, 0.717) is 0 Å². The largest absolute Gasteiger partial charge is 0.325 e. The summed E-state index contributed by atoms with van der Waals surface area (Å²) in [6, 6.07) is 16.4. The average Bonchev–Trinajstić information content (AvgIpc) is 2.50. The number of aryl methyl sites for hydroxylation is 1. The molecular weight excluding hydrogens is 270 g/mol. The summed E-state index contributed by atoms with van der Waals surface area (Å²) in [6.45, 7) is 2.10. The van der Waals surface area contributed by atoms with Crippen LogP contribution in [0.5, 0.6) is 0 Å². The lowest BCUT2D eigenvalue weighted by Crippen LogP contribution is -2.14. The van der Waals surface area contributed by atoms with Crippen LogP contribution in [0.25, 0.3) is 0 Å². The van der Waals surface area contributed by atoms with Gasteiger partial charge < -0.3 is 5.32 Å². The molecule has 0 atom stereocenters. The highest BCUT2D eigenvalue weighted by atomic mass is 35.5. The van der Waals surface area contributed by atoms with Gasteiger partial charge in [-0.2, -0.15) is 0 Å². The second kappa shape index (κ2) is 7.11. The van der Waals surface area contributed by atoms with E-state index in [9.17, 15) is 4.79 Å². The van der Waals surface area contributed by atoms with Crippen molar-refractivity contribution in [2.45, 2.75) is 19.8 Å². The van der Waals surface area contributed by atoms with Crippen LogP contribution >= 0.6 is 11.6 Å². The van der Waals surface area contributed by atoms with Crippen molar-refractivity contribution >= 4 is 23.2 Å².